The Morgan fingerprint density at radius 1 is 1.24 bits per heavy atom. The van der Waals surface area contributed by atoms with Crippen LogP contribution >= 0.6 is 0 Å². The molecule has 0 saturated heterocycles. The zero-order valence-corrected chi connectivity index (χ0v) is 15.0. The summed E-state index contributed by atoms with van der Waals surface area (Å²) in [7, 11) is 1.93. The quantitative estimate of drug-likeness (QED) is 0.746. The van der Waals surface area contributed by atoms with Crippen molar-refractivity contribution >= 4 is 5.95 Å². The van der Waals surface area contributed by atoms with Gasteiger partial charge in [0.1, 0.15) is 5.82 Å². The number of nitrogens with two attached hydrogens (primary N) is 1. The van der Waals surface area contributed by atoms with Crippen molar-refractivity contribution < 1.29 is 4.39 Å². The molecule has 1 aliphatic carbocycles. The molecule has 1 aliphatic rings. The van der Waals surface area contributed by atoms with Gasteiger partial charge in [-0.1, -0.05) is 19.9 Å². The fraction of sp³-hybridized carbons (Fsp3) is 0.350. The van der Waals surface area contributed by atoms with E-state index in [2.05, 4.69) is 23.8 Å². The summed E-state index contributed by atoms with van der Waals surface area (Å²) < 4.78 is 16.4. The van der Waals surface area contributed by atoms with Crippen LogP contribution in [0.15, 0.2) is 36.5 Å². The number of aromatic nitrogens is 3. The molecule has 2 heterocycles. The van der Waals surface area contributed by atoms with E-state index in [4.69, 9.17) is 5.73 Å². The van der Waals surface area contributed by atoms with Crippen molar-refractivity contribution in [2.24, 2.45) is 12.5 Å². The monoisotopic (exact) mass is 338 g/mol. The fourth-order valence-electron chi connectivity index (χ4n) is 4.24. The molecule has 1 fully saturated rings. The van der Waals surface area contributed by atoms with Crippen molar-refractivity contribution in [2.75, 3.05) is 5.73 Å². The lowest BCUT2D eigenvalue weighted by molar-refractivity contribution is 0.596. The molecule has 3 N–H and O–H groups in total. The number of nitrogens with one attached hydrogen (secondary N) is 1. The van der Waals surface area contributed by atoms with E-state index < -0.39 is 0 Å². The van der Waals surface area contributed by atoms with Crippen molar-refractivity contribution in [3.05, 3.63) is 59.3 Å². The lowest BCUT2D eigenvalue weighted by Gasteiger charge is -2.09. The highest BCUT2D eigenvalue weighted by molar-refractivity contribution is 5.63. The highest BCUT2D eigenvalue weighted by Gasteiger charge is 2.60. The molecule has 1 saturated carbocycles. The van der Waals surface area contributed by atoms with Crippen LogP contribution in [0.1, 0.15) is 42.6 Å². The normalized spacial score (nSPS) is 21.5. The number of rotatable bonds is 3. The Bertz CT molecular complexity index is 951. The maximum Gasteiger partial charge on any atom is 0.197 e. The van der Waals surface area contributed by atoms with Gasteiger partial charge < -0.3 is 15.3 Å². The maximum atomic E-state index is 14.4. The molecule has 0 spiro atoms. The lowest BCUT2D eigenvalue weighted by Crippen LogP contribution is -1.95. The summed E-state index contributed by atoms with van der Waals surface area (Å²) >= 11 is 0. The molecule has 0 amide bonds. The first-order valence-corrected chi connectivity index (χ1v) is 8.54. The van der Waals surface area contributed by atoms with Crippen LogP contribution in [-0.4, -0.2) is 14.5 Å². The van der Waals surface area contributed by atoms with Crippen molar-refractivity contribution in [1.82, 2.24) is 14.5 Å². The third kappa shape index (κ3) is 2.37. The third-order valence-corrected chi connectivity index (χ3v) is 5.63. The number of halogens is 1. The van der Waals surface area contributed by atoms with E-state index in [1.165, 1.54) is 0 Å². The standard InChI is InChI=1S/C20H23FN4/c1-11-18(24-19(22)23-11)17-16(20(17,2)3)12-7-8-14(21)13(10-12)15-6-5-9-25(15)4/h5-10,16-17H,1-4H3,(H3,22,23,24)/t16-,17+/m1/s1. The first kappa shape index (κ1) is 15.9. The summed E-state index contributed by atoms with van der Waals surface area (Å²) in [6, 6.07) is 9.34. The Kier molecular flexibility index (Phi) is 3.33. The molecule has 2 atom stereocenters. The van der Waals surface area contributed by atoms with E-state index >= 15 is 0 Å². The van der Waals surface area contributed by atoms with Gasteiger partial charge in [-0.15, -0.1) is 0 Å². The SMILES string of the molecule is Cc1[nH]c(N)nc1[C@@H]1[C@@H](c2ccc(F)c(-c3cccn3C)c2)C1(C)C. The summed E-state index contributed by atoms with van der Waals surface area (Å²) in [5.74, 6) is 0.847. The Morgan fingerprint density at radius 3 is 2.60 bits per heavy atom. The highest BCUT2D eigenvalue weighted by atomic mass is 19.1. The van der Waals surface area contributed by atoms with Gasteiger partial charge in [-0.3, -0.25) is 0 Å². The van der Waals surface area contributed by atoms with E-state index in [1.807, 2.05) is 49.0 Å². The Morgan fingerprint density at radius 2 is 2.00 bits per heavy atom. The smallest absolute Gasteiger partial charge is 0.197 e. The largest absolute Gasteiger partial charge is 0.369 e. The number of aryl methyl sites for hydroxylation is 2. The van der Waals surface area contributed by atoms with E-state index in [0.717, 1.165) is 22.6 Å². The minimum Gasteiger partial charge on any atom is -0.369 e. The van der Waals surface area contributed by atoms with Gasteiger partial charge in [0.25, 0.3) is 0 Å². The summed E-state index contributed by atoms with van der Waals surface area (Å²) in [6.07, 6.45) is 1.93. The number of imidazole rings is 1. The molecule has 0 radical (unpaired) electrons. The molecule has 5 heteroatoms. The van der Waals surface area contributed by atoms with Crippen LogP contribution in [0.5, 0.6) is 0 Å². The molecular formula is C20H23FN4. The number of aromatic amines is 1. The van der Waals surface area contributed by atoms with Crippen LogP contribution in [-0.2, 0) is 7.05 Å². The molecule has 4 rings (SSSR count). The molecule has 0 bridgehead atoms. The topological polar surface area (TPSA) is 59.6 Å². The van der Waals surface area contributed by atoms with Crippen LogP contribution in [0, 0.1) is 18.2 Å². The van der Waals surface area contributed by atoms with Gasteiger partial charge in [0.05, 0.1) is 11.4 Å². The van der Waals surface area contributed by atoms with Crippen molar-refractivity contribution in [3.63, 3.8) is 0 Å². The minimum atomic E-state index is -0.194. The number of benzene rings is 1. The number of nitrogens with zero attached hydrogens (tertiary/aromatic N) is 2. The second kappa shape index (κ2) is 5.22. The predicted molar refractivity (Wildman–Crippen MR) is 97.8 cm³/mol. The third-order valence-electron chi connectivity index (χ3n) is 5.63. The molecule has 2 aromatic heterocycles. The van der Waals surface area contributed by atoms with Crippen molar-refractivity contribution in [3.8, 4) is 11.3 Å². The molecular weight excluding hydrogens is 315 g/mol. The Balaban J connectivity index is 1.76. The van der Waals surface area contributed by atoms with Gasteiger partial charge in [0.2, 0.25) is 0 Å². The molecule has 130 valence electrons. The zero-order valence-electron chi connectivity index (χ0n) is 15.0. The zero-order chi connectivity index (χ0) is 17.9. The van der Waals surface area contributed by atoms with Gasteiger partial charge in [0, 0.05) is 30.4 Å². The van der Waals surface area contributed by atoms with E-state index in [1.54, 1.807) is 6.07 Å². The van der Waals surface area contributed by atoms with E-state index in [-0.39, 0.29) is 17.2 Å². The molecule has 1 aromatic carbocycles. The fourth-order valence-corrected chi connectivity index (χ4v) is 4.24. The van der Waals surface area contributed by atoms with Gasteiger partial charge in [-0.2, -0.15) is 0 Å². The van der Waals surface area contributed by atoms with Crippen LogP contribution < -0.4 is 5.73 Å². The maximum absolute atomic E-state index is 14.4. The van der Waals surface area contributed by atoms with Gasteiger partial charge in [-0.05, 0) is 48.1 Å². The predicted octanol–water partition coefficient (Wildman–Crippen LogP) is 4.35. The van der Waals surface area contributed by atoms with Crippen LogP contribution in [0.2, 0.25) is 0 Å². The first-order chi connectivity index (χ1) is 11.8. The summed E-state index contributed by atoms with van der Waals surface area (Å²) in [4.78, 5) is 7.58. The number of anilines is 1. The minimum absolute atomic E-state index is 0.0652. The van der Waals surface area contributed by atoms with Crippen molar-refractivity contribution in [2.45, 2.75) is 32.6 Å². The molecule has 4 nitrogen and oxygen atoms in total. The van der Waals surface area contributed by atoms with Crippen LogP contribution in [0.3, 0.4) is 0 Å². The second-order valence-electron chi connectivity index (χ2n) is 7.65. The number of hydrogen-bond acceptors (Lipinski definition) is 2. The highest BCUT2D eigenvalue weighted by Crippen LogP contribution is 2.70. The number of H-pyrrole nitrogens is 1. The van der Waals surface area contributed by atoms with Gasteiger partial charge >= 0.3 is 0 Å². The number of nitrogen functional groups attached to an aromatic ring is 1. The first-order valence-electron chi connectivity index (χ1n) is 8.54. The summed E-state index contributed by atoms with van der Waals surface area (Å²) in [6.45, 7) is 6.47. The molecule has 3 aromatic rings. The Labute approximate surface area is 146 Å². The van der Waals surface area contributed by atoms with Gasteiger partial charge in [-0.25, -0.2) is 9.37 Å². The molecule has 0 aliphatic heterocycles. The summed E-state index contributed by atoms with van der Waals surface area (Å²) in [5.41, 5.74) is 10.6. The lowest BCUT2D eigenvalue weighted by atomic mass is 9.99. The van der Waals surface area contributed by atoms with Crippen LogP contribution in [0.4, 0.5) is 10.3 Å². The second-order valence-corrected chi connectivity index (χ2v) is 7.65. The van der Waals surface area contributed by atoms with Gasteiger partial charge in [0.15, 0.2) is 5.95 Å². The average Bonchev–Trinajstić information content (AvgIpc) is 2.84. The summed E-state index contributed by atoms with van der Waals surface area (Å²) in [5, 5.41) is 0. The molecule has 25 heavy (non-hydrogen) atoms. The Hall–Kier alpha value is -2.56. The van der Waals surface area contributed by atoms with Crippen molar-refractivity contribution in [1.29, 1.82) is 0 Å². The van der Waals surface area contributed by atoms with Crippen LogP contribution in [0.25, 0.3) is 11.3 Å². The average molecular weight is 338 g/mol. The van der Waals surface area contributed by atoms with E-state index in [0.29, 0.717) is 17.4 Å². The number of hydrogen-bond donors (Lipinski definition) is 2. The molecule has 0 unspecified atom stereocenters. The van der Waals surface area contributed by atoms with E-state index in [9.17, 15) is 4.39 Å².